The van der Waals surface area contributed by atoms with Crippen LogP contribution in [0.25, 0.3) is 0 Å². The summed E-state index contributed by atoms with van der Waals surface area (Å²) < 4.78 is 16.2. The van der Waals surface area contributed by atoms with Gasteiger partial charge in [0.15, 0.2) is 11.5 Å². The fourth-order valence-electron chi connectivity index (χ4n) is 3.45. The molecule has 166 valence electrons. The van der Waals surface area contributed by atoms with Crippen LogP contribution in [0.15, 0.2) is 42.5 Å². The van der Waals surface area contributed by atoms with Crippen LogP contribution < -0.4 is 9.47 Å². The van der Waals surface area contributed by atoms with Gasteiger partial charge < -0.3 is 14.2 Å². The summed E-state index contributed by atoms with van der Waals surface area (Å²) >= 11 is 0. The maximum atomic E-state index is 11.8. The number of benzene rings is 2. The van der Waals surface area contributed by atoms with E-state index in [0.29, 0.717) is 30.6 Å². The molecule has 0 heterocycles. The van der Waals surface area contributed by atoms with Crippen molar-refractivity contribution in [1.29, 1.82) is 0 Å². The predicted octanol–water partition coefficient (Wildman–Crippen LogP) is 3.96. The highest BCUT2D eigenvalue weighted by Gasteiger charge is 2.31. The number of nitro benzene ring substituents is 1. The van der Waals surface area contributed by atoms with Crippen LogP contribution in [0.2, 0.25) is 0 Å². The largest absolute Gasteiger partial charge is 0.493 e. The Kier molecular flexibility index (Phi) is 7.46. The van der Waals surface area contributed by atoms with Crippen LogP contribution in [0.3, 0.4) is 0 Å². The Morgan fingerprint density at radius 1 is 1.13 bits per heavy atom. The molecule has 1 aliphatic carbocycles. The van der Waals surface area contributed by atoms with Gasteiger partial charge in [-0.15, -0.1) is 0 Å². The van der Waals surface area contributed by atoms with Crippen molar-refractivity contribution in [2.45, 2.75) is 39.0 Å². The number of ether oxygens (including phenoxy) is 3. The first-order chi connectivity index (χ1) is 14.9. The number of nitrogens with zero attached hydrogens (tertiary/aromatic N) is 2. The normalized spacial score (nSPS) is 14.2. The lowest BCUT2D eigenvalue weighted by atomic mass is 10.1. The van der Waals surface area contributed by atoms with Crippen LogP contribution in [-0.4, -0.2) is 42.6 Å². The maximum absolute atomic E-state index is 11.8. The van der Waals surface area contributed by atoms with E-state index in [4.69, 9.17) is 14.2 Å². The van der Waals surface area contributed by atoms with E-state index < -0.39 is 4.92 Å². The van der Waals surface area contributed by atoms with E-state index in [0.717, 1.165) is 24.0 Å². The van der Waals surface area contributed by atoms with Gasteiger partial charge in [0.25, 0.3) is 5.69 Å². The lowest BCUT2D eigenvalue weighted by Crippen LogP contribution is -2.33. The Labute approximate surface area is 181 Å². The minimum Gasteiger partial charge on any atom is -0.493 e. The molecule has 0 unspecified atom stereocenters. The van der Waals surface area contributed by atoms with E-state index in [1.54, 1.807) is 19.2 Å². The Morgan fingerprint density at radius 2 is 1.81 bits per heavy atom. The second-order valence-electron chi connectivity index (χ2n) is 7.78. The Bertz CT molecular complexity index is 911. The van der Waals surface area contributed by atoms with E-state index in [1.165, 1.54) is 19.2 Å². The first kappa shape index (κ1) is 22.6. The van der Waals surface area contributed by atoms with Crippen molar-refractivity contribution in [1.82, 2.24) is 4.90 Å². The smallest absolute Gasteiger partial charge is 0.309 e. The molecule has 0 bridgehead atoms. The van der Waals surface area contributed by atoms with Crippen LogP contribution in [0.1, 0.15) is 30.9 Å². The highest BCUT2D eigenvalue weighted by molar-refractivity contribution is 5.72. The zero-order valence-electron chi connectivity index (χ0n) is 18.1. The lowest BCUT2D eigenvalue weighted by molar-refractivity contribution is -0.384. The van der Waals surface area contributed by atoms with Crippen molar-refractivity contribution in [3.63, 3.8) is 0 Å². The van der Waals surface area contributed by atoms with Gasteiger partial charge in [-0.05, 0) is 48.2 Å². The fraction of sp³-hybridized carbons (Fsp3) is 0.435. The van der Waals surface area contributed by atoms with Crippen molar-refractivity contribution < 1.29 is 23.9 Å². The summed E-state index contributed by atoms with van der Waals surface area (Å²) in [6.07, 6.45) is 2.28. The third-order valence-corrected chi connectivity index (χ3v) is 5.33. The molecule has 0 saturated heterocycles. The molecule has 3 rings (SSSR count). The van der Waals surface area contributed by atoms with Gasteiger partial charge in [0.05, 0.1) is 25.1 Å². The number of hydrogen-bond acceptors (Lipinski definition) is 7. The van der Waals surface area contributed by atoms with Crippen molar-refractivity contribution in [3.8, 4) is 11.5 Å². The van der Waals surface area contributed by atoms with Crippen LogP contribution in [-0.2, 0) is 22.7 Å². The molecule has 1 aliphatic rings. The summed E-state index contributed by atoms with van der Waals surface area (Å²) in [5.41, 5.74) is 1.95. The summed E-state index contributed by atoms with van der Waals surface area (Å²) in [7, 11) is 3.01. The molecular formula is C23H28N2O6. The maximum Gasteiger partial charge on any atom is 0.309 e. The fourth-order valence-corrected chi connectivity index (χ4v) is 3.45. The van der Waals surface area contributed by atoms with Crippen molar-refractivity contribution in [2.24, 2.45) is 5.92 Å². The second-order valence-corrected chi connectivity index (χ2v) is 7.78. The average Bonchev–Trinajstić information content (AvgIpc) is 3.62. The Hall–Kier alpha value is -3.13. The number of hydrogen-bond donors (Lipinski definition) is 0. The van der Waals surface area contributed by atoms with Crippen LogP contribution in [0, 0.1) is 16.0 Å². The standard InChI is InChI=1S/C23H28N2O6/c1-16(23(26)30-3)13-24(19-9-10-19)14-18-6-11-21(22(12-18)29-2)31-15-17-4-7-20(8-5-17)25(27)28/h4-8,11-12,16,19H,9-10,13-15H2,1-3H3/t16-/m1/s1. The molecule has 31 heavy (non-hydrogen) atoms. The number of carbonyl (C=O) groups is 1. The van der Waals surface area contributed by atoms with E-state index in [2.05, 4.69) is 4.90 Å². The molecule has 1 atom stereocenters. The Balaban J connectivity index is 1.64. The third kappa shape index (κ3) is 6.18. The van der Waals surface area contributed by atoms with E-state index in [-0.39, 0.29) is 24.2 Å². The van der Waals surface area contributed by atoms with E-state index in [1.807, 2.05) is 25.1 Å². The monoisotopic (exact) mass is 428 g/mol. The van der Waals surface area contributed by atoms with Crippen LogP contribution in [0.5, 0.6) is 11.5 Å². The topological polar surface area (TPSA) is 91.1 Å². The summed E-state index contributed by atoms with van der Waals surface area (Å²) in [4.78, 5) is 24.5. The average molecular weight is 428 g/mol. The zero-order chi connectivity index (χ0) is 22.4. The molecule has 1 saturated carbocycles. The second kappa shape index (κ2) is 10.3. The van der Waals surface area contributed by atoms with E-state index in [9.17, 15) is 14.9 Å². The predicted molar refractivity (Wildman–Crippen MR) is 115 cm³/mol. The first-order valence-corrected chi connectivity index (χ1v) is 10.3. The minimum absolute atomic E-state index is 0.0485. The molecule has 2 aromatic carbocycles. The van der Waals surface area contributed by atoms with Gasteiger partial charge >= 0.3 is 5.97 Å². The third-order valence-electron chi connectivity index (χ3n) is 5.33. The first-order valence-electron chi connectivity index (χ1n) is 10.3. The van der Waals surface area contributed by atoms with Gasteiger partial charge in [-0.25, -0.2) is 0 Å². The van der Waals surface area contributed by atoms with Gasteiger partial charge in [0.2, 0.25) is 0 Å². The van der Waals surface area contributed by atoms with Crippen LogP contribution in [0.4, 0.5) is 5.69 Å². The van der Waals surface area contributed by atoms with Gasteiger partial charge in [-0.2, -0.15) is 0 Å². The van der Waals surface area contributed by atoms with Gasteiger partial charge in [-0.3, -0.25) is 19.8 Å². The minimum atomic E-state index is -0.427. The number of esters is 1. The van der Waals surface area contributed by atoms with E-state index >= 15 is 0 Å². The molecule has 0 amide bonds. The Morgan fingerprint density at radius 3 is 2.39 bits per heavy atom. The molecule has 1 fully saturated rings. The number of methoxy groups -OCH3 is 2. The molecule has 8 nitrogen and oxygen atoms in total. The summed E-state index contributed by atoms with van der Waals surface area (Å²) in [5, 5.41) is 10.8. The molecule has 2 aromatic rings. The van der Waals surface area contributed by atoms with Gasteiger partial charge in [0, 0.05) is 31.3 Å². The molecule has 0 aromatic heterocycles. The lowest BCUT2D eigenvalue weighted by Gasteiger charge is -2.25. The molecular weight excluding hydrogens is 400 g/mol. The summed E-state index contributed by atoms with van der Waals surface area (Å²) in [5.74, 6) is 0.844. The van der Waals surface area contributed by atoms with Crippen molar-refractivity contribution in [3.05, 3.63) is 63.7 Å². The van der Waals surface area contributed by atoms with Gasteiger partial charge in [-0.1, -0.05) is 13.0 Å². The van der Waals surface area contributed by atoms with Crippen LogP contribution >= 0.6 is 0 Å². The number of non-ortho nitro benzene ring substituents is 1. The highest BCUT2D eigenvalue weighted by atomic mass is 16.6. The zero-order valence-corrected chi connectivity index (χ0v) is 18.1. The number of nitro groups is 1. The van der Waals surface area contributed by atoms with Crippen molar-refractivity contribution in [2.75, 3.05) is 20.8 Å². The quantitative estimate of drug-likeness (QED) is 0.304. The molecule has 0 N–H and O–H groups in total. The molecule has 0 aliphatic heterocycles. The summed E-state index contributed by atoms with van der Waals surface area (Å²) in [6.45, 7) is 3.53. The van der Waals surface area contributed by atoms with Crippen molar-refractivity contribution >= 4 is 11.7 Å². The molecule has 0 spiro atoms. The number of carbonyl (C=O) groups excluding carboxylic acids is 1. The molecule has 0 radical (unpaired) electrons. The summed E-state index contributed by atoms with van der Waals surface area (Å²) in [6, 6.07) is 12.6. The number of rotatable bonds is 11. The van der Waals surface area contributed by atoms with Gasteiger partial charge in [0.1, 0.15) is 6.61 Å². The SMILES string of the molecule is COC(=O)[C@H](C)CN(Cc1ccc(OCc2ccc([N+](=O)[O-])cc2)c(OC)c1)C1CC1. The highest BCUT2D eigenvalue weighted by Crippen LogP contribution is 2.33. The molecule has 8 heteroatoms.